The predicted octanol–water partition coefficient (Wildman–Crippen LogP) is 1.82. The zero-order chi connectivity index (χ0) is 13.5. The highest BCUT2D eigenvalue weighted by atomic mass is 16.5. The van der Waals surface area contributed by atoms with Gasteiger partial charge in [0.15, 0.2) is 11.5 Å². The van der Waals surface area contributed by atoms with Crippen molar-refractivity contribution in [2.75, 3.05) is 26.9 Å². The van der Waals surface area contributed by atoms with Crippen LogP contribution >= 0.6 is 0 Å². The summed E-state index contributed by atoms with van der Waals surface area (Å²) in [5, 5.41) is 12.7. The largest absolute Gasteiger partial charge is 0.493 e. The van der Waals surface area contributed by atoms with Gasteiger partial charge >= 0.3 is 0 Å². The lowest BCUT2D eigenvalue weighted by molar-refractivity contribution is 0.200. The number of ether oxygens (including phenoxy) is 2. The molecule has 1 aliphatic carbocycles. The first-order valence-electron chi connectivity index (χ1n) is 6.95. The van der Waals surface area contributed by atoms with Crippen molar-refractivity contribution in [3.8, 4) is 11.5 Å². The van der Waals surface area contributed by atoms with Gasteiger partial charge in [0.25, 0.3) is 0 Å². The van der Waals surface area contributed by atoms with Crippen molar-refractivity contribution in [3.63, 3.8) is 0 Å². The number of benzene rings is 1. The van der Waals surface area contributed by atoms with Crippen molar-refractivity contribution >= 4 is 0 Å². The van der Waals surface area contributed by atoms with Crippen molar-refractivity contribution < 1.29 is 14.6 Å². The number of nitrogens with one attached hydrogen (secondary N) is 1. The summed E-state index contributed by atoms with van der Waals surface area (Å²) in [4.78, 5) is 0. The van der Waals surface area contributed by atoms with Gasteiger partial charge in [0, 0.05) is 19.2 Å². The minimum Gasteiger partial charge on any atom is -0.493 e. The molecule has 0 aromatic heterocycles. The summed E-state index contributed by atoms with van der Waals surface area (Å²) >= 11 is 0. The third-order valence-corrected chi connectivity index (χ3v) is 3.73. The molecule has 19 heavy (non-hydrogen) atoms. The molecule has 1 saturated carbocycles. The summed E-state index contributed by atoms with van der Waals surface area (Å²) in [6, 6.07) is 8.09. The summed E-state index contributed by atoms with van der Waals surface area (Å²) in [7, 11) is 1.64. The average molecular weight is 265 g/mol. The van der Waals surface area contributed by atoms with E-state index in [0.29, 0.717) is 18.6 Å². The Labute approximate surface area is 114 Å². The first-order valence-corrected chi connectivity index (χ1v) is 6.95. The molecule has 4 heteroatoms. The summed E-state index contributed by atoms with van der Waals surface area (Å²) in [6.07, 6.45) is 3.48. The molecule has 1 fully saturated rings. The average Bonchev–Trinajstić information content (AvgIpc) is 2.91. The maximum atomic E-state index is 9.25. The zero-order valence-electron chi connectivity index (χ0n) is 11.5. The highest BCUT2D eigenvalue weighted by molar-refractivity contribution is 5.39. The molecule has 0 bridgehead atoms. The van der Waals surface area contributed by atoms with Gasteiger partial charge in [0.05, 0.1) is 7.11 Å². The molecule has 4 nitrogen and oxygen atoms in total. The number of aliphatic hydroxyl groups is 1. The van der Waals surface area contributed by atoms with Gasteiger partial charge in [-0.3, -0.25) is 0 Å². The smallest absolute Gasteiger partial charge is 0.161 e. The van der Waals surface area contributed by atoms with Crippen LogP contribution in [0.4, 0.5) is 0 Å². The molecule has 0 aliphatic heterocycles. The lowest BCUT2D eigenvalue weighted by Crippen LogP contribution is -2.36. The highest BCUT2D eigenvalue weighted by Gasteiger charge is 2.25. The second-order valence-corrected chi connectivity index (χ2v) is 4.93. The first-order chi connectivity index (χ1) is 9.35. The molecular weight excluding hydrogens is 242 g/mol. The van der Waals surface area contributed by atoms with Gasteiger partial charge < -0.3 is 19.9 Å². The van der Waals surface area contributed by atoms with Crippen molar-refractivity contribution in [3.05, 3.63) is 24.3 Å². The second kappa shape index (κ2) is 7.36. The van der Waals surface area contributed by atoms with E-state index < -0.39 is 0 Å². The summed E-state index contributed by atoms with van der Waals surface area (Å²) in [6.45, 7) is 1.68. The fourth-order valence-corrected chi connectivity index (χ4v) is 2.67. The van der Waals surface area contributed by atoms with E-state index in [1.807, 2.05) is 24.3 Å². The van der Waals surface area contributed by atoms with Crippen molar-refractivity contribution in [2.45, 2.75) is 25.3 Å². The maximum absolute atomic E-state index is 9.25. The van der Waals surface area contributed by atoms with E-state index >= 15 is 0 Å². The van der Waals surface area contributed by atoms with Crippen LogP contribution in [0.25, 0.3) is 0 Å². The van der Waals surface area contributed by atoms with Gasteiger partial charge in [0.1, 0.15) is 6.61 Å². The molecule has 1 aliphatic rings. The molecule has 2 N–H and O–H groups in total. The van der Waals surface area contributed by atoms with E-state index in [9.17, 15) is 5.11 Å². The summed E-state index contributed by atoms with van der Waals surface area (Å²) in [5.41, 5.74) is 0. The van der Waals surface area contributed by atoms with Crippen LogP contribution in [0, 0.1) is 5.92 Å². The number of rotatable bonds is 7. The Hall–Kier alpha value is -1.26. The molecule has 0 radical (unpaired) electrons. The van der Waals surface area contributed by atoms with E-state index in [2.05, 4.69) is 5.32 Å². The van der Waals surface area contributed by atoms with Gasteiger partial charge in [-0.05, 0) is 30.9 Å². The van der Waals surface area contributed by atoms with Crippen LogP contribution in [-0.4, -0.2) is 38.0 Å². The van der Waals surface area contributed by atoms with E-state index in [-0.39, 0.29) is 6.61 Å². The molecule has 1 aromatic carbocycles. The monoisotopic (exact) mass is 265 g/mol. The number of methoxy groups -OCH3 is 1. The molecule has 0 saturated heterocycles. The third-order valence-electron chi connectivity index (χ3n) is 3.73. The zero-order valence-corrected chi connectivity index (χ0v) is 11.5. The number of para-hydroxylation sites is 2. The van der Waals surface area contributed by atoms with Crippen molar-refractivity contribution in [1.82, 2.24) is 5.32 Å². The SMILES string of the molecule is COc1ccccc1OCCNC1CCCC1CO. The molecule has 0 heterocycles. The Morgan fingerprint density at radius 1 is 1.26 bits per heavy atom. The Morgan fingerprint density at radius 3 is 2.79 bits per heavy atom. The number of hydrogen-bond donors (Lipinski definition) is 2. The van der Waals surface area contributed by atoms with E-state index in [4.69, 9.17) is 9.47 Å². The molecule has 2 atom stereocenters. The minimum atomic E-state index is 0.283. The van der Waals surface area contributed by atoms with Crippen LogP contribution in [-0.2, 0) is 0 Å². The standard InChI is InChI=1S/C15H23NO3/c1-18-14-7-2-3-8-15(14)19-10-9-16-13-6-4-5-12(13)11-17/h2-3,7-8,12-13,16-17H,4-6,9-11H2,1H3. The Morgan fingerprint density at radius 2 is 2.05 bits per heavy atom. The molecule has 0 spiro atoms. The fraction of sp³-hybridized carbons (Fsp3) is 0.600. The van der Waals surface area contributed by atoms with Crippen LogP contribution in [0.2, 0.25) is 0 Å². The van der Waals surface area contributed by atoms with Gasteiger partial charge in [-0.2, -0.15) is 0 Å². The van der Waals surface area contributed by atoms with Gasteiger partial charge in [-0.25, -0.2) is 0 Å². The maximum Gasteiger partial charge on any atom is 0.161 e. The van der Waals surface area contributed by atoms with E-state index in [1.54, 1.807) is 7.11 Å². The normalized spacial score (nSPS) is 22.4. The van der Waals surface area contributed by atoms with Crippen LogP contribution in [0.3, 0.4) is 0 Å². The molecule has 106 valence electrons. The van der Waals surface area contributed by atoms with Crippen LogP contribution in [0.15, 0.2) is 24.3 Å². The Bertz CT molecular complexity index is 383. The number of aliphatic hydroxyl groups excluding tert-OH is 1. The van der Waals surface area contributed by atoms with Crippen LogP contribution in [0.1, 0.15) is 19.3 Å². The van der Waals surface area contributed by atoms with Crippen LogP contribution < -0.4 is 14.8 Å². The molecule has 1 aromatic rings. The molecule has 2 rings (SSSR count). The fourth-order valence-electron chi connectivity index (χ4n) is 2.67. The van der Waals surface area contributed by atoms with Gasteiger partial charge in [-0.15, -0.1) is 0 Å². The summed E-state index contributed by atoms with van der Waals surface area (Å²) < 4.78 is 10.9. The van der Waals surface area contributed by atoms with Gasteiger partial charge in [0.2, 0.25) is 0 Å². The van der Waals surface area contributed by atoms with Gasteiger partial charge in [-0.1, -0.05) is 18.6 Å². The lowest BCUT2D eigenvalue weighted by Gasteiger charge is -2.19. The molecule has 0 amide bonds. The predicted molar refractivity (Wildman–Crippen MR) is 74.7 cm³/mol. The number of hydrogen-bond acceptors (Lipinski definition) is 4. The van der Waals surface area contributed by atoms with Crippen molar-refractivity contribution in [1.29, 1.82) is 0 Å². The van der Waals surface area contributed by atoms with Crippen LogP contribution in [0.5, 0.6) is 11.5 Å². The second-order valence-electron chi connectivity index (χ2n) is 4.93. The van der Waals surface area contributed by atoms with E-state index in [1.165, 1.54) is 6.42 Å². The topological polar surface area (TPSA) is 50.7 Å². The first kappa shape index (κ1) is 14.2. The quantitative estimate of drug-likeness (QED) is 0.738. The molecule has 2 unspecified atom stereocenters. The third kappa shape index (κ3) is 3.85. The Balaban J connectivity index is 1.72. The summed E-state index contributed by atoms with van der Waals surface area (Å²) in [5.74, 6) is 1.94. The minimum absolute atomic E-state index is 0.283. The van der Waals surface area contributed by atoms with E-state index in [0.717, 1.165) is 30.9 Å². The highest BCUT2D eigenvalue weighted by Crippen LogP contribution is 2.26. The lowest BCUT2D eigenvalue weighted by atomic mass is 10.1. The molecular formula is C15H23NO3. The Kier molecular flexibility index (Phi) is 5.48. The van der Waals surface area contributed by atoms with Crippen molar-refractivity contribution in [2.24, 2.45) is 5.92 Å².